The summed E-state index contributed by atoms with van der Waals surface area (Å²) in [7, 11) is 1.83. The van der Waals surface area contributed by atoms with E-state index in [9.17, 15) is 4.79 Å². The molecular formula is C24H26N2O. The molecule has 138 valence electrons. The topological polar surface area (TPSA) is 33.2 Å². The maximum absolute atomic E-state index is 13.4. The molecule has 0 bridgehead atoms. The molecule has 2 aromatic carbocycles. The van der Waals surface area contributed by atoms with Crippen LogP contribution in [0.25, 0.3) is 11.1 Å². The first-order chi connectivity index (χ1) is 12.8. The average molecular weight is 358 g/mol. The predicted octanol–water partition coefficient (Wildman–Crippen LogP) is 5.31. The number of benzene rings is 2. The zero-order valence-electron chi connectivity index (χ0n) is 16.7. The highest BCUT2D eigenvalue weighted by Gasteiger charge is 2.33. The van der Waals surface area contributed by atoms with Gasteiger partial charge in [-0.05, 0) is 50.5 Å². The first-order valence-electron chi connectivity index (χ1n) is 9.18. The van der Waals surface area contributed by atoms with Crippen molar-refractivity contribution in [3.05, 3.63) is 83.7 Å². The summed E-state index contributed by atoms with van der Waals surface area (Å²) in [5, 5.41) is 0. The molecule has 1 aromatic heterocycles. The third-order valence-electron chi connectivity index (χ3n) is 5.15. The van der Waals surface area contributed by atoms with E-state index < -0.39 is 5.41 Å². The van der Waals surface area contributed by atoms with Gasteiger partial charge in [-0.1, -0.05) is 54.6 Å². The fraction of sp³-hybridized carbons (Fsp3) is 0.250. The molecule has 1 heterocycles. The number of rotatable bonds is 4. The number of hydrogen-bond donors (Lipinski definition) is 0. The number of pyridine rings is 1. The van der Waals surface area contributed by atoms with Gasteiger partial charge in [-0.3, -0.25) is 9.78 Å². The van der Waals surface area contributed by atoms with E-state index >= 15 is 0 Å². The zero-order valence-corrected chi connectivity index (χ0v) is 16.7. The molecule has 0 N–H and O–H groups in total. The number of nitrogens with zero attached hydrogens (tertiary/aromatic N) is 2. The molecule has 0 aliphatic heterocycles. The van der Waals surface area contributed by atoms with E-state index in [1.807, 2.05) is 70.3 Å². The van der Waals surface area contributed by atoms with Gasteiger partial charge in [-0.25, -0.2) is 0 Å². The molecule has 0 spiro atoms. The molecule has 0 aliphatic rings. The lowest BCUT2D eigenvalue weighted by atomic mass is 9.83. The van der Waals surface area contributed by atoms with Crippen LogP contribution in [0, 0.1) is 13.8 Å². The Balaban J connectivity index is 2.06. The molecule has 3 heteroatoms. The smallest absolute Gasteiger partial charge is 0.236 e. The van der Waals surface area contributed by atoms with Crippen LogP contribution in [-0.4, -0.2) is 17.9 Å². The van der Waals surface area contributed by atoms with Crippen molar-refractivity contribution < 1.29 is 4.79 Å². The van der Waals surface area contributed by atoms with E-state index in [1.165, 1.54) is 5.56 Å². The van der Waals surface area contributed by atoms with Gasteiger partial charge in [0.15, 0.2) is 0 Å². The van der Waals surface area contributed by atoms with Crippen LogP contribution in [0.15, 0.2) is 66.9 Å². The number of amides is 1. The standard InChI is InChI=1S/C24H26N2O/c1-17-11-9-10-14-20(17)21-15-18(2)25-16-22(21)26(5)23(27)24(3,4)19-12-7-6-8-13-19/h6-16H,1-5H3. The highest BCUT2D eigenvalue weighted by Crippen LogP contribution is 2.35. The van der Waals surface area contributed by atoms with Crippen molar-refractivity contribution in [2.75, 3.05) is 11.9 Å². The molecule has 0 unspecified atom stereocenters. The number of aromatic nitrogens is 1. The normalized spacial score (nSPS) is 11.3. The van der Waals surface area contributed by atoms with Gasteiger partial charge in [0.2, 0.25) is 5.91 Å². The number of anilines is 1. The monoisotopic (exact) mass is 358 g/mol. The van der Waals surface area contributed by atoms with E-state index in [1.54, 1.807) is 11.1 Å². The minimum atomic E-state index is -0.635. The van der Waals surface area contributed by atoms with Crippen LogP contribution in [0.1, 0.15) is 30.7 Å². The average Bonchev–Trinajstić information content (AvgIpc) is 2.68. The van der Waals surface area contributed by atoms with Gasteiger partial charge in [0.05, 0.1) is 17.3 Å². The molecule has 0 fully saturated rings. The molecule has 0 radical (unpaired) electrons. The first-order valence-corrected chi connectivity index (χ1v) is 9.18. The van der Waals surface area contributed by atoms with Crippen LogP contribution in [0.3, 0.4) is 0 Å². The van der Waals surface area contributed by atoms with Gasteiger partial charge in [-0.15, -0.1) is 0 Å². The molecule has 3 nitrogen and oxygen atoms in total. The molecule has 0 aliphatic carbocycles. The summed E-state index contributed by atoms with van der Waals surface area (Å²) < 4.78 is 0. The maximum atomic E-state index is 13.4. The summed E-state index contributed by atoms with van der Waals surface area (Å²) in [4.78, 5) is 19.6. The number of aryl methyl sites for hydroxylation is 2. The second-order valence-corrected chi connectivity index (χ2v) is 7.51. The van der Waals surface area contributed by atoms with Gasteiger partial charge in [0.1, 0.15) is 0 Å². The van der Waals surface area contributed by atoms with Crippen molar-refractivity contribution in [1.82, 2.24) is 4.98 Å². The molecular weight excluding hydrogens is 332 g/mol. The fourth-order valence-electron chi connectivity index (χ4n) is 3.42. The Morgan fingerprint density at radius 1 is 0.926 bits per heavy atom. The lowest BCUT2D eigenvalue weighted by molar-refractivity contribution is -0.122. The SMILES string of the molecule is Cc1cc(-c2ccccc2C)c(N(C)C(=O)C(C)(C)c2ccccc2)cn1. The zero-order chi connectivity index (χ0) is 19.6. The van der Waals surface area contributed by atoms with Gasteiger partial charge in [0, 0.05) is 18.3 Å². The minimum Gasteiger partial charge on any atom is -0.313 e. The van der Waals surface area contributed by atoms with Crippen LogP contribution < -0.4 is 4.90 Å². The summed E-state index contributed by atoms with van der Waals surface area (Å²) in [5.74, 6) is 0.0363. The summed E-state index contributed by atoms with van der Waals surface area (Å²) in [6.07, 6.45) is 1.80. The Hall–Kier alpha value is -2.94. The van der Waals surface area contributed by atoms with Crippen LogP contribution in [0.4, 0.5) is 5.69 Å². The Labute approximate surface area is 161 Å². The maximum Gasteiger partial charge on any atom is 0.236 e. The Morgan fingerprint density at radius 2 is 1.56 bits per heavy atom. The molecule has 3 aromatic rings. The first kappa shape index (κ1) is 18.8. The lowest BCUT2D eigenvalue weighted by Crippen LogP contribution is -2.41. The van der Waals surface area contributed by atoms with Crippen molar-refractivity contribution >= 4 is 11.6 Å². The van der Waals surface area contributed by atoms with E-state index in [2.05, 4.69) is 30.1 Å². The van der Waals surface area contributed by atoms with Crippen LogP contribution >= 0.6 is 0 Å². The number of carbonyl (C=O) groups excluding carboxylic acids is 1. The summed E-state index contributed by atoms with van der Waals surface area (Å²) in [5.41, 5.74) is 5.44. The minimum absolute atomic E-state index is 0.0363. The molecule has 3 rings (SSSR count). The Bertz CT molecular complexity index is 961. The molecule has 27 heavy (non-hydrogen) atoms. The molecule has 0 saturated carbocycles. The van der Waals surface area contributed by atoms with Gasteiger partial charge < -0.3 is 4.90 Å². The van der Waals surface area contributed by atoms with Crippen LogP contribution in [-0.2, 0) is 10.2 Å². The number of carbonyl (C=O) groups is 1. The van der Waals surface area contributed by atoms with E-state index in [0.29, 0.717) is 0 Å². The second-order valence-electron chi connectivity index (χ2n) is 7.51. The van der Waals surface area contributed by atoms with Crippen molar-refractivity contribution in [3.8, 4) is 11.1 Å². The predicted molar refractivity (Wildman–Crippen MR) is 112 cm³/mol. The highest BCUT2D eigenvalue weighted by atomic mass is 16.2. The summed E-state index contributed by atoms with van der Waals surface area (Å²) in [6.45, 7) is 8.00. The van der Waals surface area contributed by atoms with Gasteiger partial charge in [0.25, 0.3) is 0 Å². The van der Waals surface area contributed by atoms with Crippen molar-refractivity contribution in [2.24, 2.45) is 0 Å². The van der Waals surface area contributed by atoms with E-state index in [4.69, 9.17) is 0 Å². The van der Waals surface area contributed by atoms with Crippen molar-refractivity contribution in [1.29, 1.82) is 0 Å². The quantitative estimate of drug-likeness (QED) is 0.633. The van der Waals surface area contributed by atoms with Crippen LogP contribution in [0.2, 0.25) is 0 Å². The second kappa shape index (κ2) is 7.36. The fourth-order valence-corrected chi connectivity index (χ4v) is 3.42. The van der Waals surface area contributed by atoms with Crippen molar-refractivity contribution in [2.45, 2.75) is 33.1 Å². The number of likely N-dealkylation sites (N-methyl/N-ethyl adjacent to an activating group) is 1. The van der Waals surface area contributed by atoms with Crippen LogP contribution in [0.5, 0.6) is 0 Å². The third-order valence-corrected chi connectivity index (χ3v) is 5.15. The Kier molecular flexibility index (Phi) is 5.13. The number of hydrogen-bond acceptors (Lipinski definition) is 2. The third kappa shape index (κ3) is 3.63. The van der Waals surface area contributed by atoms with E-state index in [-0.39, 0.29) is 5.91 Å². The summed E-state index contributed by atoms with van der Waals surface area (Å²) in [6, 6.07) is 20.2. The van der Waals surface area contributed by atoms with E-state index in [0.717, 1.165) is 28.1 Å². The lowest BCUT2D eigenvalue weighted by Gasteiger charge is -2.31. The molecule has 0 atom stereocenters. The largest absolute Gasteiger partial charge is 0.313 e. The van der Waals surface area contributed by atoms with Gasteiger partial charge in [-0.2, -0.15) is 0 Å². The highest BCUT2D eigenvalue weighted by molar-refractivity contribution is 6.03. The Morgan fingerprint density at radius 3 is 2.22 bits per heavy atom. The van der Waals surface area contributed by atoms with Crippen molar-refractivity contribution in [3.63, 3.8) is 0 Å². The molecule has 0 saturated heterocycles. The molecule has 1 amide bonds. The van der Waals surface area contributed by atoms with Gasteiger partial charge >= 0.3 is 0 Å². The summed E-state index contributed by atoms with van der Waals surface area (Å²) >= 11 is 0.